The van der Waals surface area contributed by atoms with Crippen LogP contribution in [0.15, 0.2) is 59.9 Å². The van der Waals surface area contributed by atoms with Crippen LogP contribution in [0.5, 0.6) is 0 Å². The Morgan fingerprint density at radius 1 is 1.15 bits per heavy atom. The van der Waals surface area contributed by atoms with Gasteiger partial charge in [-0.25, -0.2) is 4.68 Å². The molecule has 0 fully saturated rings. The molecule has 3 aromatic rings. The van der Waals surface area contributed by atoms with Crippen LogP contribution in [-0.4, -0.2) is 25.7 Å². The number of rotatable bonds is 3. The minimum atomic E-state index is -0.517. The van der Waals surface area contributed by atoms with E-state index in [0.717, 1.165) is 11.1 Å². The van der Waals surface area contributed by atoms with E-state index in [-0.39, 0.29) is 0 Å². The lowest BCUT2D eigenvalue weighted by atomic mass is 9.99. The molecule has 3 N–H and O–H groups in total. The van der Waals surface area contributed by atoms with Crippen LogP contribution in [0.4, 0.5) is 5.95 Å². The lowest BCUT2D eigenvalue weighted by molar-refractivity contribution is -0.115. The van der Waals surface area contributed by atoms with E-state index in [1.165, 1.54) is 0 Å². The fraction of sp³-hybridized carbons (Fsp3) is 0.158. The average Bonchev–Trinajstić information content (AvgIpc) is 3.05. The maximum atomic E-state index is 12.1. The summed E-state index contributed by atoms with van der Waals surface area (Å²) < 4.78 is 1.67. The van der Waals surface area contributed by atoms with Crippen LogP contribution in [0.1, 0.15) is 24.2 Å². The van der Waals surface area contributed by atoms with E-state index >= 15 is 0 Å². The van der Waals surface area contributed by atoms with Crippen molar-refractivity contribution in [3.63, 3.8) is 0 Å². The molecule has 0 saturated carbocycles. The molecule has 0 radical (unpaired) electrons. The molecule has 1 aliphatic heterocycles. The van der Waals surface area contributed by atoms with Crippen molar-refractivity contribution in [1.82, 2.24) is 19.7 Å². The van der Waals surface area contributed by atoms with Gasteiger partial charge in [-0.1, -0.05) is 35.9 Å². The van der Waals surface area contributed by atoms with Crippen molar-refractivity contribution in [2.24, 2.45) is 5.73 Å². The Balaban J connectivity index is 1.87. The SMILES string of the molecule is CC1=C(C(N)=O)C(c2ccccn2)n2nc(-c3ccc(C)cc3)nc2N1. The first-order chi connectivity index (χ1) is 12.5. The van der Waals surface area contributed by atoms with Crippen molar-refractivity contribution in [3.8, 4) is 11.4 Å². The highest BCUT2D eigenvalue weighted by Crippen LogP contribution is 2.35. The van der Waals surface area contributed by atoms with Gasteiger partial charge in [-0.15, -0.1) is 5.10 Å². The van der Waals surface area contributed by atoms with E-state index in [4.69, 9.17) is 5.73 Å². The van der Waals surface area contributed by atoms with Crippen molar-refractivity contribution in [2.75, 3.05) is 5.32 Å². The second kappa shape index (κ2) is 6.11. The van der Waals surface area contributed by atoms with E-state index in [1.54, 1.807) is 17.8 Å². The number of fused-ring (bicyclic) bond motifs is 1. The van der Waals surface area contributed by atoms with Gasteiger partial charge in [0.05, 0.1) is 11.3 Å². The number of allylic oxidation sites excluding steroid dienone is 1. The van der Waals surface area contributed by atoms with Crippen LogP contribution in [0.25, 0.3) is 11.4 Å². The number of carbonyl (C=O) groups excluding carboxylic acids is 1. The van der Waals surface area contributed by atoms with Crippen LogP contribution in [0, 0.1) is 6.92 Å². The summed E-state index contributed by atoms with van der Waals surface area (Å²) in [4.78, 5) is 21.1. The molecule has 1 aliphatic rings. The zero-order chi connectivity index (χ0) is 18.3. The van der Waals surface area contributed by atoms with Gasteiger partial charge in [0.25, 0.3) is 0 Å². The highest BCUT2D eigenvalue weighted by molar-refractivity contribution is 5.95. The minimum absolute atomic E-state index is 0.427. The molecule has 3 heterocycles. The highest BCUT2D eigenvalue weighted by Gasteiger charge is 2.34. The summed E-state index contributed by atoms with van der Waals surface area (Å²) in [6, 6.07) is 13.0. The molecular weight excluding hydrogens is 328 g/mol. The third-order valence-corrected chi connectivity index (χ3v) is 4.40. The summed E-state index contributed by atoms with van der Waals surface area (Å²) in [5, 5.41) is 7.77. The number of aromatic nitrogens is 4. The molecule has 1 atom stereocenters. The first-order valence-electron chi connectivity index (χ1n) is 8.26. The lowest BCUT2D eigenvalue weighted by Crippen LogP contribution is -2.32. The van der Waals surface area contributed by atoms with Gasteiger partial charge in [0.2, 0.25) is 11.9 Å². The third kappa shape index (κ3) is 2.63. The Kier molecular flexibility index (Phi) is 3.76. The molecule has 1 amide bonds. The second-order valence-electron chi connectivity index (χ2n) is 6.25. The Labute approximate surface area is 150 Å². The average molecular weight is 346 g/mol. The smallest absolute Gasteiger partial charge is 0.248 e. The van der Waals surface area contributed by atoms with Crippen LogP contribution in [-0.2, 0) is 4.79 Å². The summed E-state index contributed by atoms with van der Waals surface area (Å²) in [5.74, 6) is 0.620. The van der Waals surface area contributed by atoms with Crippen LogP contribution < -0.4 is 11.1 Å². The summed E-state index contributed by atoms with van der Waals surface area (Å²) >= 11 is 0. The molecule has 0 saturated heterocycles. The van der Waals surface area contributed by atoms with Gasteiger partial charge < -0.3 is 11.1 Å². The van der Waals surface area contributed by atoms with E-state index in [2.05, 4.69) is 20.4 Å². The summed E-state index contributed by atoms with van der Waals surface area (Å²) in [7, 11) is 0. The van der Waals surface area contributed by atoms with Crippen LogP contribution in [0.3, 0.4) is 0 Å². The first-order valence-corrected chi connectivity index (χ1v) is 8.26. The number of hydrogen-bond acceptors (Lipinski definition) is 5. The number of amides is 1. The number of nitrogens with zero attached hydrogens (tertiary/aromatic N) is 4. The van der Waals surface area contributed by atoms with Gasteiger partial charge in [-0.05, 0) is 26.0 Å². The molecule has 7 heteroatoms. The third-order valence-electron chi connectivity index (χ3n) is 4.40. The number of nitrogens with one attached hydrogen (secondary N) is 1. The summed E-state index contributed by atoms with van der Waals surface area (Å²) in [6.45, 7) is 3.83. The number of benzene rings is 1. The van der Waals surface area contributed by atoms with Crippen molar-refractivity contribution >= 4 is 11.9 Å². The topological polar surface area (TPSA) is 98.7 Å². The predicted molar refractivity (Wildman–Crippen MR) is 98.1 cm³/mol. The number of carbonyl (C=O) groups is 1. The van der Waals surface area contributed by atoms with Gasteiger partial charge in [0, 0.05) is 17.5 Å². The Bertz CT molecular complexity index is 1000. The number of anilines is 1. The maximum absolute atomic E-state index is 12.1. The van der Waals surface area contributed by atoms with Crippen molar-refractivity contribution < 1.29 is 4.79 Å². The predicted octanol–water partition coefficient (Wildman–Crippen LogP) is 2.42. The first kappa shape index (κ1) is 16.0. The summed E-state index contributed by atoms with van der Waals surface area (Å²) in [5.41, 5.74) is 9.48. The molecule has 0 spiro atoms. The second-order valence-corrected chi connectivity index (χ2v) is 6.25. The minimum Gasteiger partial charge on any atom is -0.366 e. The largest absolute Gasteiger partial charge is 0.366 e. The molecular formula is C19H18N6O. The number of primary amides is 1. The standard InChI is InChI=1S/C19H18N6O/c1-11-6-8-13(9-7-11)18-23-19-22-12(2)15(17(20)26)16(25(19)24-18)14-5-3-4-10-21-14/h3-10,16H,1-2H3,(H2,20,26)(H,22,23,24). The quantitative estimate of drug-likeness (QED) is 0.759. The maximum Gasteiger partial charge on any atom is 0.248 e. The molecule has 7 nitrogen and oxygen atoms in total. The Hall–Kier alpha value is -3.48. The Morgan fingerprint density at radius 2 is 1.92 bits per heavy atom. The zero-order valence-electron chi connectivity index (χ0n) is 14.5. The van der Waals surface area contributed by atoms with Crippen LogP contribution >= 0.6 is 0 Å². The Morgan fingerprint density at radius 3 is 2.58 bits per heavy atom. The highest BCUT2D eigenvalue weighted by atomic mass is 16.1. The molecule has 0 bridgehead atoms. The van der Waals surface area contributed by atoms with Crippen LogP contribution in [0.2, 0.25) is 0 Å². The van der Waals surface area contributed by atoms with Crippen molar-refractivity contribution in [1.29, 1.82) is 0 Å². The molecule has 1 aromatic carbocycles. The van der Waals surface area contributed by atoms with Crippen molar-refractivity contribution in [2.45, 2.75) is 19.9 Å². The van der Waals surface area contributed by atoms with E-state index < -0.39 is 11.9 Å². The molecule has 4 rings (SSSR count). The number of nitrogens with two attached hydrogens (primary N) is 1. The van der Waals surface area contributed by atoms with E-state index in [9.17, 15) is 4.79 Å². The number of pyridine rings is 1. The molecule has 130 valence electrons. The number of aryl methyl sites for hydroxylation is 1. The van der Waals surface area contributed by atoms with Gasteiger partial charge in [-0.2, -0.15) is 4.98 Å². The molecule has 0 aliphatic carbocycles. The molecule has 26 heavy (non-hydrogen) atoms. The fourth-order valence-corrected chi connectivity index (χ4v) is 3.11. The monoisotopic (exact) mass is 346 g/mol. The number of hydrogen-bond donors (Lipinski definition) is 2. The van der Waals surface area contributed by atoms with Gasteiger partial charge in [0.15, 0.2) is 5.82 Å². The van der Waals surface area contributed by atoms with E-state index in [0.29, 0.717) is 28.7 Å². The van der Waals surface area contributed by atoms with Gasteiger partial charge >= 0.3 is 0 Å². The van der Waals surface area contributed by atoms with Gasteiger partial charge in [0.1, 0.15) is 6.04 Å². The zero-order valence-corrected chi connectivity index (χ0v) is 14.5. The summed E-state index contributed by atoms with van der Waals surface area (Å²) in [6.07, 6.45) is 1.68. The molecule has 1 unspecified atom stereocenters. The normalized spacial score (nSPS) is 16.2. The molecule has 2 aromatic heterocycles. The van der Waals surface area contributed by atoms with Gasteiger partial charge in [-0.3, -0.25) is 9.78 Å². The van der Waals surface area contributed by atoms with Crippen molar-refractivity contribution in [3.05, 3.63) is 71.2 Å². The van der Waals surface area contributed by atoms with E-state index in [1.807, 2.05) is 49.4 Å². The lowest BCUT2D eigenvalue weighted by Gasteiger charge is -2.26. The fourth-order valence-electron chi connectivity index (χ4n) is 3.11.